The van der Waals surface area contributed by atoms with Crippen LogP contribution in [0.5, 0.6) is 0 Å². The molecular formula is C24H25NO2. The fourth-order valence-corrected chi connectivity index (χ4v) is 7.70. The van der Waals surface area contributed by atoms with Gasteiger partial charge in [0.15, 0.2) is 11.2 Å². The molecule has 0 N–H and O–H groups in total. The highest BCUT2D eigenvalue weighted by molar-refractivity contribution is 5.81. The second kappa shape index (κ2) is 4.81. The number of nitrogens with zero attached hydrogens (tertiary/aromatic N) is 1. The topological polar surface area (TPSA) is 29.5 Å². The first-order chi connectivity index (χ1) is 13.2. The Hall–Kier alpha value is -2.16. The smallest absolute Gasteiger partial charge is 0.178 e. The van der Waals surface area contributed by atoms with Crippen LogP contribution >= 0.6 is 0 Å². The summed E-state index contributed by atoms with van der Waals surface area (Å²) in [6.45, 7) is 3.13. The molecule has 0 amide bonds. The molecule has 4 saturated carbocycles. The molecule has 3 nitrogen and oxygen atoms in total. The molecule has 1 spiro atoms. The van der Waals surface area contributed by atoms with Crippen LogP contribution in [0.4, 0.5) is 5.69 Å². The van der Waals surface area contributed by atoms with E-state index < -0.39 is 0 Å². The third-order valence-electron chi connectivity index (χ3n) is 8.31. The van der Waals surface area contributed by atoms with Gasteiger partial charge in [0.2, 0.25) is 0 Å². The second-order valence-corrected chi connectivity index (χ2v) is 9.52. The van der Waals surface area contributed by atoms with E-state index in [9.17, 15) is 0 Å². The molecule has 3 heterocycles. The van der Waals surface area contributed by atoms with Gasteiger partial charge in [-0.3, -0.25) is 0 Å². The van der Waals surface area contributed by atoms with Crippen molar-refractivity contribution in [2.45, 2.75) is 51.1 Å². The van der Waals surface area contributed by atoms with Gasteiger partial charge in [0.1, 0.15) is 5.76 Å². The molecule has 3 aromatic rings. The van der Waals surface area contributed by atoms with Gasteiger partial charge in [0.05, 0.1) is 23.9 Å². The highest BCUT2D eigenvalue weighted by Gasteiger charge is 2.65. The number of para-hydroxylation sites is 1. The summed E-state index contributed by atoms with van der Waals surface area (Å²) in [4.78, 5) is 2.73. The van der Waals surface area contributed by atoms with Crippen molar-refractivity contribution in [3.8, 4) is 0 Å². The number of hydrogen-bond donors (Lipinski definition) is 0. The van der Waals surface area contributed by atoms with Gasteiger partial charge >= 0.3 is 0 Å². The van der Waals surface area contributed by atoms with E-state index in [1.807, 2.05) is 6.07 Å². The van der Waals surface area contributed by atoms with Crippen molar-refractivity contribution in [2.75, 3.05) is 4.90 Å². The maximum absolute atomic E-state index is 6.34. The van der Waals surface area contributed by atoms with E-state index in [1.165, 1.54) is 48.9 Å². The SMILES string of the molecule is Cc1ccccc1N1Cc2oc3ccoc3c2C12C1CC3CC(C1)CC2C3. The van der Waals surface area contributed by atoms with E-state index in [1.54, 1.807) is 6.26 Å². The summed E-state index contributed by atoms with van der Waals surface area (Å²) in [6, 6.07) is 10.9. The van der Waals surface area contributed by atoms with E-state index in [0.29, 0.717) is 0 Å². The molecule has 0 saturated heterocycles. The molecule has 4 bridgehead atoms. The van der Waals surface area contributed by atoms with Crippen molar-refractivity contribution in [2.24, 2.45) is 23.7 Å². The lowest BCUT2D eigenvalue weighted by Gasteiger charge is -2.63. The van der Waals surface area contributed by atoms with Crippen molar-refractivity contribution in [1.29, 1.82) is 0 Å². The molecule has 0 radical (unpaired) electrons. The van der Waals surface area contributed by atoms with Gasteiger partial charge in [-0.05, 0) is 74.3 Å². The summed E-state index contributed by atoms with van der Waals surface area (Å²) in [5, 5.41) is 0. The molecule has 3 heteroatoms. The molecule has 27 heavy (non-hydrogen) atoms. The van der Waals surface area contributed by atoms with E-state index in [2.05, 4.69) is 36.1 Å². The zero-order chi connectivity index (χ0) is 17.8. The highest BCUT2D eigenvalue weighted by Crippen LogP contribution is 2.68. The Bertz CT molecular complexity index is 1030. The summed E-state index contributed by atoms with van der Waals surface area (Å²) < 4.78 is 12.4. The monoisotopic (exact) mass is 359 g/mol. The molecule has 0 unspecified atom stereocenters. The lowest BCUT2D eigenvalue weighted by molar-refractivity contribution is -0.0584. The largest absolute Gasteiger partial charge is 0.460 e. The minimum Gasteiger partial charge on any atom is -0.460 e. The normalized spacial score (nSPS) is 36.3. The fraction of sp³-hybridized carbons (Fsp3) is 0.500. The standard InChI is InChI=1S/C24H25NO2/c1-14-4-2-3-5-19(14)25-13-21-22(23-20(27-21)6-7-26-23)24(25)17-9-15-8-16(11-17)12-18(24)10-15/h2-7,15-18H,8-13H2,1H3. The van der Waals surface area contributed by atoms with Crippen LogP contribution in [0.15, 0.2) is 45.4 Å². The van der Waals surface area contributed by atoms with Gasteiger partial charge in [0, 0.05) is 11.8 Å². The Kier molecular flexibility index (Phi) is 2.65. The molecular weight excluding hydrogens is 334 g/mol. The fourth-order valence-electron chi connectivity index (χ4n) is 7.70. The van der Waals surface area contributed by atoms with E-state index in [-0.39, 0.29) is 5.54 Å². The first-order valence-corrected chi connectivity index (χ1v) is 10.6. The van der Waals surface area contributed by atoms with E-state index in [0.717, 1.165) is 47.1 Å². The second-order valence-electron chi connectivity index (χ2n) is 9.52. The summed E-state index contributed by atoms with van der Waals surface area (Å²) in [7, 11) is 0. The van der Waals surface area contributed by atoms with Gasteiger partial charge in [-0.25, -0.2) is 0 Å². The van der Waals surface area contributed by atoms with Crippen LogP contribution < -0.4 is 4.90 Å². The van der Waals surface area contributed by atoms with Gasteiger partial charge in [0.25, 0.3) is 0 Å². The molecule has 8 rings (SSSR count). The first-order valence-electron chi connectivity index (χ1n) is 10.6. The Morgan fingerprint density at radius 3 is 2.44 bits per heavy atom. The minimum atomic E-state index is 0.0674. The lowest BCUT2D eigenvalue weighted by Crippen LogP contribution is -2.61. The Morgan fingerprint density at radius 1 is 0.963 bits per heavy atom. The summed E-state index contributed by atoms with van der Waals surface area (Å²) >= 11 is 0. The zero-order valence-corrected chi connectivity index (χ0v) is 15.8. The minimum absolute atomic E-state index is 0.0674. The van der Waals surface area contributed by atoms with Crippen molar-refractivity contribution < 1.29 is 8.83 Å². The average Bonchev–Trinajstić information content (AvgIpc) is 3.30. The zero-order valence-electron chi connectivity index (χ0n) is 15.8. The molecule has 4 aliphatic carbocycles. The summed E-state index contributed by atoms with van der Waals surface area (Å²) in [5.74, 6) is 4.49. The van der Waals surface area contributed by atoms with E-state index in [4.69, 9.17) is 8.83 Å². The van der Waals surface area contributed by atoms with Crippen molar-refractivity contribution in [3.05, 3.63) is 53.5 Å². The molecule has 1 aromatic carbocycles. The molecule has 1 aliphatic heterocycles. The molecule has 2 aromatic heterocycles. The lowest BCUT2D eigenvalue weighted by atomic mass is 9.47. The van der Waals surface area contributed by atoms with Crippen molar-refractivity contribution >= 4 is 16.9 Å². The van der Waals surface area contributed by atoms with Crippen LogP contribution in [0.1, 0.15) is 49.0 Å². The quantitative estimate of drug-likeness (QED) is 0.533. The third-order valence-corrected chi connectivity index (χ3v) is 8.31. The maximum atomic E-state index is 6.34. The Morgan fingerprint density at radius 2 is 1.70 bits per heavy atom. The van der Waals surface area contributed by atoms with Crippen LogP contribution in [0.3, 0.4) is 0 Å². The molecule has 4 fully saturated rings. The Labute approximate surface area is 159 Å². The molecule has 138 valence electrons. The van der Waals surface area contributed by atoms with Crippen molar-refractivity contribution in [3.63, 3.8) is 0 Å². The third kappa shape index (κ3) is 1.66. The van der Waals surface area contributed by atoms with E-state index >= 15 is 0 Å². The van der Waals surface area contributed by atoms with Gasteiger partial charge in [-0.15, -0.1) is 0 Å². The van der Waals surface area contributed by atoms with Crippen LogP contribution in [0.25, 0.3) is 11.2 Å². The Balaban J connectivity index is 1.52. The number of aryl methyl sites for hydroxylation is 1. The van der Waals surface area contributed by atoms with Crippen LogP contribution in [-0.2, 0) is 12.1 Å². The van der Waals surface area contributed by atoms with Crippen LogP contribution in [0, 0.1) is 30.6 Å². The maximum Gasteiger partial charge on any atom is 0.178 e. The number of fused-ring (bicyclic) bond motifs is 3. The molecule has 5 aliphatic rings. The summed E-state index contributed by atoms with van der Waals surface area (Å²) in [5.41, 5.74) is 6.19. The first kappa shape index (κ1) is 14.8. The van der Waals surface area contributed by atoms with Gasteiger partial charge < -0.3 is 13.7 Å². The average molecular weight is 359 g/mol. The predicted octanol–water partition coefficient (Wildman–Crippen LogP) is 6.01. The van der Waals surface area contributed by atoms with Crippen LogP contribution in [-0.4, -0.2) is 0 Å². The summed E-state index contributed by atoms with van der Waals surface area (Å²) in [6.07, 6.45) is 8.78. The highest BCUT2D eigenvalue weighted by atomic mass is 16.4. The van der Waals surface area contributed by atoms with Gasteiger partial charge in [-0.1, -0.05) is 18.2 Å². The number of hydrogen-bond acceptors (Lipinski definition) is 3. The van der Waals surface area contributed by atoms with Gasteiger partial charge in [-0.2, -0.15) is 0 Å². The number of anilines is 1. The molecule has 0 atom stereocenters. The predicted molar refractivity (Wildman–Crippen MR) is 105 cm³/mol. The number of furan rings is 2. The number of rotatable bonds is 1. The van der Waals surface area contributed by atoms with Crippen LogP contribution in [0.2, 0.25) is 0 Å². The number of benzene rings is 1. The van der Waals surface area contributed by atoms with Crippen molar-refractivity contribution in [1.82, 2.24) is 0 Å².